The van der Waals surface area contributed by atoms with E-state index in [1.165, 1.54) is 4.90 Å². The molecule has 5 heteroatoms. The second kappa shape index (κ2) is 8.42. The van der Waals surface area contributed by atoms with Gasteiger partial charge in [0.15, 0.2) is 0 Å². The molecule has 0 aliphatic carbocycles. The predicted molar refractivity (Wildman–Crippen MR) is 115 cm³/mol. The number of carbonyl (C=O) groups excluding carboxylic acids is 2. The third-order valence-electron chi connectivity index (χ3n) is 5.72. The Bertz CT molecular complexity index is 937. The Hall–Kier alpha value is -2.59. The molecule has 4 nitrogen and oxygen atoms in total. The Balaban J connectivity index is 1.63. The van der Waals surface area contributed by atoms with Gasteiger partial charge in [-0.2, -0.15) is 0 Å². The molecule has 0 radical (unpaired) electrons. The van der Waals surface area contributed by atoms with Crippen LogP contribution in [0.15, 0.2) is 60.3 Å². The fourth-order valence-corrected chi connectivity index (χ4v) is 4.34. The van der Waals surface area contributed by atoms with Crippen molar-refractivity contribution in [1.29, 1.82) is 0 Å². The van der Waals surface area contributed by atoms with E-state index in [0.717, 1.165) is 37.1 Å². The fraction of sp³-hybridized carbons (Fsp3) is 0.333. The summed E-state index contributed by atoms with van der Waals surface area (Å²) in [4.78, 5) is 30.2. The monoisotopic (exact) mass is 408 g/mol. The van der Waals surface area contributed by atoms with Crippen LogP contribution in [-0.4, -0.2) is 41.2 Å². The van der Waals surface area contributed by atoms with Crippen LogP contribution in [0.1, 0.15) is 30.9 Å². The average molecular weight is 409 g/mol. The van der Waals surface area contributed by atoms with E-state index in [1.807, 2.05) is 54.6 Å². The Kier molecular flexibility index (Phi) is 5.72. The van der Waals surface area contributed by atoms with Gasteiger partial charge in [0.2, 0.25) is 0 Å². The largest absolute Gasteiger partial charge is 0.366 e. The van der Waals surface area contributed by atoms with E-state index in [-0.39, 0.29) is 11.8 Å². The van der Waals surface area contributed by atoms with Crippen LogP contribution >= 0.6 is 11.6 Å². The number of hydrogen-bond acceptors (Lipinski definition) is 3. The van der Waals surface area contributed by atoms with Gasteiger partial charge in [-0.15, -0.1) is 0 Å². The molecule has 2 aromatic carbocycles. The van der Waals surface area contributed by atoms with Crippen molar-refractivity contribution in [2.24, 2.45) is 5.92 Å². The van der Waals surface area contributed by atoms with E-state index >= 15 is 0 Å². The second-order valence-corrected chi connectivity index (χ2v) is 8.36. The van der Waals surface area contributed by atoms with E-state index in [0.29, 0.717) is 35.2 Å². The third kappa shape index (κ3) is 4.08. The standard InChI is InChI=1S/C24H25ClN2O2/c1-17-6-5-14-26(16-17)22-21(19-7-3-2-4-8-19)23(28)27(24(22)29)15-13-18-9-11-20(25)12-10-18/h2-4,7-12,17H,5-6,13-16H2,1H3. The molecule has 2 aliphatic heterocycles. The van der Waals surface area contributed by atoms with Crippen LogP contribution in [0, 0.1) is 5.92 Å². The van der Waals surface area contributed by atoms with E-state index < -0.39 is 0 Å². The predicted octanol–water partition coefficient (Wildman–Crippen LogP) is 4.39. The topological polar surface area (TPSA) is 40.6 Å². The number of hydrogen-bond donors (Lipinski definition) is 0. The zero-order valence-corrected chi connectivity index (χ0v) is 17.4. The minimum Gasteiger partial charge on any atom is -0.366 e. The Morgan fingerprint density at radius 3 is 2.41 bits per heavy atom. The van der Waals surface area contributed by atoms with E-state index in [1.54, 1.807) is 0 Å². The number of imide groups is 1. The maximum Gasteiger partial charge on any atom is 0.277 e. The number of amides is 2. The van der Waals surface area contributed by atoms with Crippen molar-refractivity contribution in [2.45, 2.75) is 26.2 Å². The minimum absolute atomic E-state index is 0.170. The lowest BCUT2D eigenvalue weighted by atomic mass is 9.98. The Labute approximate surface area is 176 Å². The van der Waals surface area contributed by atoms with Gasteiger partial charge in [0.05, 0.1) is 5.57 Å². The highest BCUT2D eigenvalue weighted by Crippen LogP contribution is 2.34. The van der Waals surface area contributed by atoms with Crippen LogP contribution in [0.2, 0.25) is 5.02 Å². The number of rotatable bonds is 5. The minimum atomic E-state index is -0.191. The first-order chi connectivity index (χ1) is 14.0. The van der Waals surface area contributed by atoms with E-state index in [2.05, 4.69) is 11.8 Å². The molecule has 0 aromatic heterocycles. The summed E-state index contributed by atoms with van der Waals surface area (Å²) in [6, 6.07) is 17.1. The van der Waals surface area contributed by atoms with Gasteiger partial charge < -0.3 is 4.90 Å². The molecule has 150 valence electrons. The first-order valence-electron chi connectivity index (χ1n) is 10.2. The van der Waals surface area contributed by atoms with Gasteiger partial charge in [0.1, 0.15) is 5.70 Å². The quantitative estimate of drug-likeness (QED) is 0.689. The number of halogens is 1. The summed E-state index contributed by atoms with van der Waals surface area (Å²) >= 11 is 5.96. The smallest absolute Gasteiger partial charge is 0.277 e. The molecule has 2 aliphatic rings. The van der Waals surface area contributed by atoms with Crippen LogP contribution < -0.4 is 0 Å². The van der Waals surface area contributed by atoms with Crippen molar-refractivity contribution in [1.82, 2.24) is 9.80 Å². The highest BCUT2D eigenvalue weighted by molar-refractivity contribution is 6.35. The second-order valence-electron chi connectivity index (χ2n) is 7.92. The molecule has 0 bridgehead atoms. The maximum absolute atomic E-state index is 13.4. The first-order valence-corrected chi connectivity index (χ1v) is 10.6. The van der Waals surface area contributed by atoms with Gasteiger partial charge in [0.25, 0.3) is 11.8 Å². The van der Waals surface area contributed by atoms with Gasteiger partial charge in [0, 0.05) is 24.7 Å². The van der Waals surface area contributed by atoms with Gasteiger partial charge in [-0.3, -0.25) is 14.5 Å². The van der Waals surface area contributed by atoms with E-state index in [9.17, 15) is 9.59 Å². The molecular formula is C24H25ClN2O2. The SMILES string of the molecule is CC1CCCN(C2=C(c3ccccc3)C(=O)N(CCc3ccc(Cl)cc3)C2=O)C1. The summed E-state index contributed by atoms with van der Waals surface area (Å²) < 4.78 is 0. The summed E-state index contributed by atoms with van der Waals surface area (Å²) in [7, 11) is 0. The summed E-state index contributed by atoms with van der Waals surface area (Å²) in [6.07, 6.45) is 2.81. The summed E-state index contributed by atoms with van der Waals surface area (Å²) in [6.45, 7) is 4.20. The van der Waals surface area contributed by atoms with Crippen molar-refractivity contribution < 1.29 is 9.59 Å². The van der Waals surface area contributed by atoms with Gasteiger partial charge in [-0.05, 0) is 48.4 Å². The van der Waals surface area contributed by atoms with Crippen molar-refractivity contribution in [2.75, 3.05) is 19.6 Å². The molecule has 1 unspecified atom stereocenters. The molecule has 0 N–H and O–H groups in total. The molecule has 2 heterocycles. The average Bonchev–Trinajstić information content (AvgIpc) is 2.98. The van der Waals surface area contributed by atoms with Crippen LogP contribution in [0.25, 0.3) is 5.57 Å². The summed E-state index contributed by atoms with van der Waals surface area (Å²) in [5.74, 6) is 0.152. The lowest BCUT2D eigenvalue weighted by Crippen LogP contribution is -2.39. The van der Waals surface area contributed by atoms with Crippen molar-refractivity contribution >= 4 is 29.0 Å². The molecule has 1 saturated heterocycles. The molecule has 2 aromatic rings. The molecule has 29 heavy (non-hydrogen) atoms. The number of nitrogens with zero attached hydrogens (tertiary/aromatic N) is 2. The molecule has 2 amide bonds. The molecule has 0 spiro atoms. The van der Waals surface area contributed by atoms with Gasteiger partial charge in [-0.1, -0.05) is 61.0 Å². The fourth-order valence-electron chi connectivity index (χ4n) is 4.21. The van der Waals surface area contributed by atoms with Crippen LogP contribution in [-0.2, 0) is 16.0 Å². The van der Waals surface area contributed by atoms with Crippen LogP contribution in [0.4, 0.5) is 0 Å². The summed E-state index contributed by atoms with van der Waals surface area (Å²) in [5.41, 5.74) is 2.98. The number of benzene rings is 2. The van der Waals surface area contributed by atoms with Crippen molar-refractivity contribution in [3.05, 3.63) is 76.4 Å². The van der Waals surface area contributed by atoms with E-state index in [4.69, 9.17) is 11.6 Å². The molecule has 1 fully saturated rings. The highest BCUT2D eigenvalue weighted by atomic mass is 35.5. The summed E-state index contributed by atoms with van der Waals surface area (Å²) in [5, 5.41) is 0.677. The molecule has 1 atom stereocenters. The Morgan fingerprint density at radius 2 is 1.72 bits per heavy atom. The zero-order valence-electron chi connectivity index (χ0n) is 16.6. The molecule has 0 saturated carbocycles. The highest BCUT2D eigenvalue weighted by Gasteiger charge is 2.41. The van der Waals surface area contributed by atoms with Gasteiger partial charge >= 0.3 is 0 Å². The van der Waals surface area contributed by atoms with Crippen molar-refractivity contribution in [3.63, 3.8) is 0 Å². The number of likely N-dealkylation sites (tertiary alicyclic amines) is 1. The third-order valence-corrected chi connectivity index (χ3v) is 5.97. The normalized spacial score (nSPS) is 20.0. The lowest BCUT2D eigenvalue weighted by molar-refractivity contribution is -0.137. The molecular weight excluding hydrogens is 384 g/mol. The maximum atomic E-state index is 13.4. The Morgan fingerprint density at radius 1 is 1.00 bits per heavy atom. The van der Waals surface area contributed by atoms with Crippen LogP contribution in [0.3, 0.4) is 0 Å². The van der Waals surface area contributed by atoms with Crippen LogP contribution in [0.5, 0.6) is 0 Å². The van der Waals surface area contributed by atoms with Gasteiger partial charge in [-0.25, -0.2) is 0 Å². The van der Waals surface area contributed by atoms with Crippen molar-refractivity contribution in [3.8, 4) is 0 Å². The zero-order chi connectivity index (χ0) is 20.4. The first kappa shape index (κ1) is 19.7. The number of carbonyl (C=O) groups is 2. The molecule has 4 rings (SSSR count). The lowest BCUT2D eigenvalue weighted by Gasteiger charge is -2.33. The number of piperidine rings is 1.